The van der Waals surface area contributed by atoms with Crippen LogP contribution in [0.4, 0.5) is 5.82 Å². The summed E-state index contributed by atoms with van der Waals surface area (Å²) in [6, 6.07) is 0. The summed E-state index contributed by atoms with van der Waals surface area (Å²) in [6.07, 6.45) is 5.61. The molecule has 1 fully saturated rings. The molecular weight excluding hydrogens is 216 g/mol. The van der Waals surface area contributed by atoms with E-state index in [1.54, 1.807) is 6.20 Å². The average molecular weight is 236 g/mol. The lowest BCUT2D eigenvalue weighted by atomic mass is 10.4. The maximum atomic E-state index is 5.50. The minimum atomic E-state index is 0.626. The molecule has 2 heterocycles. The highest BCUT2D eigenvalue weighted by Gasteiger charge is 2.11. The molecule has 1 aliphatic heterocycles. The van der Waals surface area contributed by atoms with Gasteiger partial charge in [-0.15, -0.1) is 0 Å². The number of hydrogen-bond donors (Lipinski definition) is 1. The summed E-state index contributed by atoms with van der Waals surface area (Å²) in [7, 11) is 0. The Bertz CT molecular complexity index is 337. The van der Waals surface area contributed by atoms with Crippen molar-refractivity contribution in [1.29, 1.82) is 0 Å². The molecule has 94 valence electrons. The molecule has 1 aliphatic rings. The molecule has 0 unspecified atom stereocenters. The van der Waals surface area contributed by atoms with Crippen molar-refractivity contribution in [3.05, 3.63) is 12.4 Å². The summed E-state index contributed by atoms with van der Waals surface area (Å²) in [5, 5.41) is 3.37. The first-order valence-electron chi connectivity index (χ1n) is 6.30. The van der Waals surface area contributed by atoms with Gasteiger partial charge in [0.2, 0.25) is 5.88 Å². The van der Waals surface area contributed by atoms with Crippen LogP contribution in [0.25, 0.3) is 0 Å². The number of anilines is 1. The predicted octanol–water partition coefficient (Wildman–Crippen LogP) is 1.07. The third-order valence-electron chi connectivity index (χ3n) is 2.72. The summed E-state index contributed by atoms with van der Waals surface area (Å²) in [5.74, 6) is 1.55. The standard InChI is InChI=1S/C12H20N4O/c1-2-8-17-12-10-14-9-11(15-12)16-6-3-4-13-5-7-16/h9-10,13H,2-8H2,1H3. The van der Waals surface area contributed by atoms with E-state index in [9.17, 15) is 0 Å². The Balaban J connectivity index is 2.03. The molecule has 17 heavy (non-hydrogen) atoms. The van der Waals surface area contributed by atoms with Gasteiger partial charge in [0.15, 0.2) is 5.82 Å². The summed E-state index contributed by atoms with van der Waals surface area (Å²) >= 11 is 0. The molecular formula is C12H20N4O. The molecule has 1 saturated heterocycles. The number of nitrogens with zero attached hydrogens (tertiary/aromatic N) is 3. The van der Waals surface area contributed by atoms with Crippen LogP contribution >= 0.6 is 0 Å². The first-order valence-corrected chi connectivity index (χ1v) is 6.30. The Kier molecular flexibility index (Phi) is 4.55. The van der Waals surface area contributed by atoms with E-state index in [-0.39, 0.29) is 0 Å². The van der Waals surface area contributed by atoms with Gasteiger partial charge in [-0.25, -0.2) is 0 Å². The van der Waals surface area contributed by atoms with E-state index in [0.29, 0.717) is 12.5 Å². The lowest BCUT2D eigenvalue weighted by molar-refractivity contribution is 0.304. The molecule has 0 saturated carbocycles. The van der Waals surface area contributed by atoms with Crippen LogP contribution in [0.1, 0.15) is 19.8 Å². The molecule has 0 atom stereocenters. The maximum Gasteiger partial charge on any atom is 0.234 e. The Labute approximate surface area is 102 Å². The number of aromatic nitrogens is 2. The SMILES string of the molecule is CCCOc1cncc(N2CCCNCC2)n1. The molecule has 0 bridgehead atoms. The largest absolute Gasteiger partial charge is 0.477 e. The Morgan fingerprint density at radius 1 is 1.35 bits per heavy atom. The summed E-state index contributed by atoms with van der Waals surface area (Å²) in [4.78, 5) is 10.9. The Morgan fingerprint density at radius 3 is 3.18 bits per heavy atom. The van der Waals surface area contributed by atoms with E-state index in [1.165, 1.54) is 0 Å². The lowest BCUT2D eigenvalue weighted by Crippen LogP contribution is -2.28. The smallest absolute Gasteiger partial charge is 0.234 e. The third kappa shape index (κ3) is 3.56. The van der Waals surface area contributed by atoms with Gasteiger partial charge in [-0.05, 0) is 19.4 Å². The predicted molar refractivity (Wildman–Crippen MR) is 67.5 cm³/mol. The first kappa shape index (κ1) is 12.1. The normalized spacial score (nSPS) is 16.6. The molecule has 1 aromatic heterocycles. The highest BCUT2D eigenvalue weighted by Crippen LogP contribution is 2.14. The molecule has 5 nitrogen and oxygen atoms in total. The average Bonchev–Trinajstić information content (AvgIpc) is 2.65. The fraction of sp³-hybridized carbons (Fsp3) is 0.667. The van der Waals surface area contributed by atoms with Gasteiger partial charge in [-0.2, -0.15) is 4.98 Å². The van der Waals surface area contributed by atoms with Gasteiger partial charge in [0.25, 0.3) is 0 Å². The van der Waals surface area contributed by atoms with E-state index in [1.807, 2.05) is 6.20 Å². The van der Waals surface area contributed by atoms with Crippen molar-refractivity contribution in [3.63, 3.8) is 0 Å². The van der Waals surface area contributed by atoms with Crippen molar-refractivity contribution >= 4 is 5.82 Å². The molecule has 0 spiro atoms. The van der Waals surface area contributed by atoms with Gasteiger partial charge in [0.05, 0.1) is 19.0 Å². The van der Waals surface area contributed by atoms with E-state index >= 15 is 0 Å². The van der Waals surface area contributed by atoms with Gasteiger partial charge >= 0.3 is 0 Å². The zero-order chi connectivity index (χ0) is 11.9. The van der Waals surface area contributed by atoms with Crippen molar-refractivity contribution in [1.82, 2.24) is 15.3 Å². The molecule has 0 aromatic carbocycles. The van der Waals surface area contributed by atoms with E-state index in [4.69, 9.17) is 4.74 Å². The number of rotatable bonds is 4. The fourth-order valence-electron chi connectivity index (χ4n) is 1.84. The molecule has 2 rings (SSSR count). The Morgan fingerprint density at radius 2 is 2.29 bits per heavy atom. The highest BCUT2D eigenvalue weighted by atomic mass is 16.5. The maximum absolute atomic E-state index is 5.50. The van der Waals surface area contributed by atoms with Crippen LogP contribution in [0.3, 0.4) is 0 Å². The van der Waals surface area contributed by atoms with Gasteiger partial charge < -0.3 is 15.0 Å². The van der Waals surface area contributed by atoms with Crippen molar-refractivity contribution in [3.8, 4) is 5.88 Å². The molecule has 1 N–H and O–H groups in total. The minimum Gasteiger partial charge on any atom is -0.477 e. The fourth-order valence-corrected chi connectivity index (χ4v) is 1.84. The van der Waals surface area contributed by atoms with Crippen LogP contribution in [0.5, 0.6) is 5.88 Å². The van der Waals surface area contributed by atoms with Gasteiger partial charge in [-0.3, -0.25) is 4.98 Å². The minimum absolute atomic E-state index is 0.626. The summed E-state index contributed by atoms with van der Waals surface area (Å²) < 4.78 is 5.50. The number of nitrogens with one attached hydrogen (secondary N) is 1. The van der Waals surface area contributed by atoms with E-state index in [0.717, 1.165) is 44.8 Å². The summed E-state index contributed by atoms with van der Waals surface area (Å²) in [6.45, 7) is 6.86. The molecule has 0 radical (unpaired) electrons. The van der Waals surface area contributed by atoms with Gasteiger partial charge in [-0.1, -0.05) is 6.92 Å². The molecule has 1 aromatic rings. The van der Waals surface area contributed by atoms with Crippen LogP contribution in [-0.4, -0.2) is 42.8 Å². The van der Waals surface area contributed by atoms with Crippen molar-refractivity contribution < 1.29 is 4.74 Å². The van der Waals surface area contributed by atoms with Crippen molar-refractivity contribution in [2.24, 2.45) is 0 Å². The van der Waals surface area contributed by atoms with Crippen LogP contribution in [0, 0.1) is 0 Å². The van der Waals surface area contributed by atoms with E-state index < -0.39 is 0 Å². The van der Waals surface area contributed by atoms with Crippen LogP contribution in [0.15, 0.2) is 12.4 Å². The number of hydrogen-bond acceptors (Lipinski definition) is 5. The van der Waals surface area contributed by atoms with Crippen LogP contribution < -0.4 is 15.0 Å². The van der Waals surface area contributed by atoms with Gasteiger partial charge in [0.1, 0.15) is 0 Å². The molecule has 5 heteroatoms. The second-order valence-corrected chi connectivity index (χ2v) is 4.15. The first-order chi connectivity index (χ1) is 8.40. The van der Waals surface area contributed by atoms with Crippen LogP contribution in [0.2, 0.25) is 0 Å². The Hall–Kier alpha value is -1.36. The highest BCUT2D eigenvalue weighted by molar-refractivity contribution is 5.37. The van der Waals surface area contributed by atoms with Crippen molar-refractivity contribution in [2.45, 2.75) is 19.8 Å². The number of ether oxygens (including phenoxy) is 1. The van der Waals surface area contributed by atoms with Crippen molar-refractivity contribution in [2.75, 3.05) is 37.7 Å². The zero-order valence-electron chi connectivity index (χ0n) is 10.4. The summed E-state index contributed by atoms with van der Waals surface area (Å²) in [5.41, 5.74) is 0. The third-order valence-corrected chi connectivity index (χ3v) is 2.72. The second-order valence-electron chi connectivity index (χ2n) is 4.15. The quantitative estimate of drug-likeness (QED) is 0.847. The topological polar surface area (TPSA) is 50.3 Å². The van der Waals surface area contributed by atoms with Crippen LogP contribution in [-0.2, 0) is 0 Å². The zero-order valence-corrected chi connectivity index (χ0v) is 10.4. The lowest BCUT2D eigenvalue weighted by Gasteiger charge is -2.20. The molecule has 0 amide bonds. The van der Waals surface area contributed by atoms with E-state index in [2.05, 4.69) is 27.1 Å². The second kappa shape index (κ2) is 6.39. The van der Waals surface area contributed by atoms with Gasteiger partial charge in [0, 0.05) is 19.6 Å². The molecule has 0 aliphatic carbocycles. The monoisotopic (exact) mass is 236 g/mol.